The van der Waals surface area contributed by atoms with Crippen LogP contribution in [0.1, 0.15) is 21.1 Å². The van der Waals surface area contributed by atoms with E-state index in [1.54, 1.807) is 34.9 Å². The Kier molecular flexibility index (Phi) is 5.46. The lowest BCUT2D eigenvalue weighted by Crippen LogP contribution is -2.32. The molecule has 2 N–H and O–H groups in total. The lowest BCUT2D eigenvalue weighted by Gasteiger charge is -2.09. The number of hydrogen-bond donors (Lipinski definition) is 2. The molecule has 0 bridgehead atoms. The van der Waals surface area contributed by atoms with Crippen molar-refractivity contribution in [2.24, 2.45) is 0 Å². The standard InChI is InChI=1S/C19H20FN5O2/c1-24(2)12-10-21-19(27)17-23-16(15-9-5-6-11-25(15)17)18(26)22-14-8-4-3-7-13(14)20/h3-9,11H,10,12H2,1-2H3,(H,21,27)(H,22,26). The fourth-order valence-electron chi connectivity index (χ4n) is 2.58. The van der Waals surface area contributed by atoms with E-state index in [1.165, 1.54) is 18.2 Å². The maximum Gasteiger partial charge on any atom is 0.287 e. The first-order valence-corrected chi connectivity index (χ1v) is 8.43. The fraction of sp³-hybridized carbons (Fsp3) is 0.211. The van der Waals surface area contributed by atoms with Gasteiger partial charge in [0, 0.05) is 19.3 Å². The first-order chi connectivity index (χ1) is 13.0. The van der Waals surface area contributed by atoms with Crippen LogP contribution in [0.4, 0.5) is 10.1 Å². The van der Waals surface area contributed by atoms with Gasteiger partial charge in [-0.3, -0.25) is 14.0 Å². The summed E-state index contributed by atoms with van der Waals surface area (Å²) in [5.74, 6) is -1.42. The van der Waals surface area contributed by atoms with Crippen molar-refractivity contribution in [3.63, 3.8) is 0 Å². The molecule has 0 saturated carbocycles. The molecule has 0 unspecified atom stereocenters. The van der Waals surface area contributed by atoms with Crippen LogP contribution in [0.3, 0.4) is 0 Å². The highest BCUT2D eigenvalue weighted by Crippen LogP contribution is 2.17. The summed E-state index contributed by atoms with van der Waals surface area (Å²) in [5.41, 5.74) is 0.567. The van der Waals surface area contributed by atoms with Crippen molar-refractivity contribution < 1.29 is 14.0 Å². The van der Waals surface area contributed by atoms with Crippen molar-refractivity contribution in [2.45, 2.75) is 0 Å². The molecule has 0 atom stereocenters. The molecule has 0 aliphatic rings. The zero-order valence-corrected chi connectivity index (χ0v) is 15.1. The molecule has 2 amide bonds. The quantitative estimate of drug-likeness (QED) is 0.697. The van der Waals surface area contributed by atoms with Gasteiger partial charge in [-0.15, -0.1) is 0 Å². The van der Waals surface area contributed by atoms with Gasteiger partial charge < -0.3 is 15.5 Å². The van der Waals surface area contributed by atoms with E-state index >= 15 is 0 Å². The number of para-hydroxylation sites is 1. The lowest BCUT2D eigenvalue weighted by molar-refractivity contribution is 0.0940. The molecular weight excluding hydrogens is 349 g/mol. The first kappa shape index (κ1) is 18.5. The number of carbonyl (C=O) groups is 2. The number of carbonyl (C=O) groups excluding carboxylic acids is 2. The number of anilines is 1. The number of fused-ring (bicyclic) bond motifs is 1. The van der Waals surface area contributed by atoms with E-state index in [-0.39, 0.29) is 23.1 Å². The van der Waals surface area contributed by atoms with Crippen molar-refractivity contribution >= 4 is 23.0 Å². The summed E-state index contributed by atoms with van der Waals surface area (Å²) in [6, 6.07) is 11.0. The third kappa shape index (κ3) is 4.12. The number of amides is 2. The predicted molar refractivity (Wildman–Crippen MR) is 100 cm³/mol. The summed E-state index contributed by atoms with van der Waals surface area (Å²) in [7, 11) is 3.81. The largest absolute Gasteiger partial charge is 0.348 e. The molecule has 7 nitrogen and oxygen atoms in total. The van der Waals surface area contributed by atoms with Crippen LogP contribution in [0, 0.1) is 5.82 Å². The number of nitrogens with zero attached hydrogens (tertiary/aromatic N) is 3. The molecule has 8 heteroatoms. The Hall–Kier alpha value is -3.26. The smallest absolute Gasteiger partial charge is 0.287 e. The highest BCUT2D eigenvalue weighted by atomic mass is 19.1. The lowest BCUT2D eigenvalue weighted by atomic mass is 10.2. The molecule has 2 aromatic heterocycles. The van der Waals surface area contributed by atoms with E-state index < -0.39 is 11.7 Å². The summed E-state index contributed by atoms with van der Waals surface area (Å²) in [6.45, 7) is 1.13. The minimum atomic E-state index is -0.587. The fourth-order valence-corrected chi connectivity index (χ4v) is 2.58. The first-order valence-electron chi connectivity index (χ1n) is 8.43. The van der Waals surface area contributed by atoms with Gasteiger partial charge in [-0.2, -0.15) is 0 Å². The second-order valence-electron chi connectivity index (χ2n) is 6.23. The average molecular weight is 369 g/mol. The Bertz CT molecular complexity index is 983. The third-order valence-corrected chi connectivity index (χ3v) is 3.93. The van der Waals surface area contributed by atoms with Gasteiger partial charge in [0.05, 0.1) is 11.2 Å². The van der Waals surface area contributed by atoms with E-state index in [2.05, 4.69) is 15.6 Å². The number of benzene rings is 1. The average Bonchev–Trinajstić information content (AvgIpc) is 3.03. The molecule has 0 saturated heterocycles. The van der Waals surface area contributed by atoms with Crippen LogP contribution in [-0.2, 0) is 0 Å². The molecule has 0 spiro atoms. The Morgan fingerprint density at radius 3 is 2.59 bits per heavy atom. The maximum atomic E-state index is 13.8. The number of imidazole rings is 1. The molecular formula is C19H20FN5O2. The van der Waals surface area contributed by atoms with Gasteiger partial charge in [0.15, 0.2) is 5.69 Å². The van der Waals surface area contributed by atoms with Gasteiger partial charge in [0.1, 0.15) is 5.82 Å². The van der Waals surface area contributed by atoms with Gasteiger partial charge in [-0.1, -0.05) is 18.2 Å². The van der Waals surface area contributed by atoms with Gasteiger partial charge in [-0.25, -0.2) is 9.37 Å². The molecule has 0 radical (unpaired) electrons. The molecule has 3 aromatic rings. The number of hydrogen-bond acceptors (Lipinski definition) is 4. The summed E-state index contributed by atoms with van der Waals surface area (Å²) < 4.78 is 15.4. The van der Waals surface area contributed by atoms with Crippen molar-refractivity contribution in [1.29, 1.82) is 0 Å². The number of nitrogens with one attached hydrogen (secondary N) is 2. The van der Waals surface area contributed by atoms with Crippen molar-refractivity contribution in [2.75, 3.05) is 32.5 Å². The summed E-state index contributed by atoms with van der Waals surface area (Å²) in [4.78, 5) is 31.3. The minimum absolute atomic E-state index is 0.0524. The van der Waals surface area contributed by atoms with Crippen molar-refractivity contribution in [3.05, 3.63) is 66.0 Å². The van der Waals surface area contributed by atoms with Crippen molar-refractivity contribution in [3.8, 4) is 0 Å². The van der Waals surface area contributed by atoms with E-state index in [0.717, 1.165) is 0 Å². The van der Waals surface area contributed by atoms with Gasteiger partial charge in [-0.05, 0) is 38.4 Å². The van der Waals surface area contributed by atoms with Crippen LogP contribution in [0.15, 0.2) is 48.7 Å². The normalized spacial score (nSPS) is 11.0. The molecule has 2 heterocycles. The number of halogens is 1. The number of rotatable bonds is 6. The summed E-state index contributed by atoms with van der Waals surface area (Å²) >= 11 is 0. The van der Waals surface area contributed by atoms with E-state index in [4.69, 9.17) is 0 Å². The number of pyridine rings is 1. The Morgan fingerprint density at radius 2 is 1.85 bits per heavy atom. The van der Waals surface area contributed by atoms with E-state index in [0.29, 0.717) is 18.6 Å². The zero-order valence-electron chi connectivity index (χ0n) is 15.1. The Morgan fingerprint density at radius 1 is 1.11 bits per heavy atom. The van der Waals surface area contributed by atoms with Crippen molar-refractivity contribution in [1.82, 2.24) is 19.6 Å². The molecule has 27 heavy (non-hydrogen) atoms. The van der Waals surface area contributed by atoms with Crippen LogP contribution in [0.5, 0.6) is 0 Å². The molecule has 140 valence electrons. The SMILES string of the molecule is CN(C)CCNC(=O)c1nc(C(=O)Nc2ccccc2F)c2ccccn12. The molecule has 3 rings (SSSR count). The zero-order chi connectivity index (χ0) is 19.4. The highest BCUT2D eigenvalue weighted by Gasteiger charge is 2.21. The molecule has 0 aliphatic carbocycles. The molecule has 0 aliphatic heterocycles. The maximum absolute atomic E-state index is 13.8. The van der Waals surface area contributed by atoms with E-state index in [9.17, 15) is 14.0 Å². The minimum Gasteiger partial charge on any atom is -0.348 e. The summed E-state index contributed by atoms with van der Waals surface area (Å²) in [5, 5.41) is 5.28. The second kappa shape index (κ2) is 7.96. The highest BCUT2D eigenvalue weighted by molar-refractivity contribution is 6.09. The molecule has 1 aromatic carbocycles. The number of likely N-dealkylation sites (N-methyl/N-ethyl adjacent to an activating group) is 1. The van der Waals surface area contributed by atoms with Crippen LogP contribution >= 0.6 is 0 Å². The second-order valence-corrected chi connectivity index (χ2v) is 6.23. The van der Waals surface area contributed by atoms with Crippen LogP contribution in [0.2, 0.25) is 0 Å². The van der Waals surface area contributed by atoms with Crippen LogP contribution < -0.4 is 10.6 Å². The Balaban J connectivity index is 1.89. The van der Waals surface area contributed by atoms with Gasteiger partial charge >= 0.3 is 0 Å². The monoisotopic (exact) mass is 369 g/mol. The van der Waals surface area contributed by atoms with Crippen LogP contribution in [-0.4, -0.2) is 53.3 Å². The molecule has 0 fully saturated rings. The summed E-state index contributed by atoms with van der Waals surface area (Å²) in [6.07, 6.45) is 1.66. The van der Waals surface area contributed by atoms with E-state index in [1.807, 2.05) is 19.0 Å². The number of aromatic nitrogens is 2. The van der Waals surface area contributed by atoms with Gasteiger partial charge in [0.25, 0.3) is 11.8 Å². The van der Waals surface area contributed by atoms with Crippen LogP contribution in [0.25, 0.3) is 5.52 Å². The third-order valence-electron chi connectivity index (χ3n) is 3.93. The van der Waals surface area contributed by atoms with Gasteiger partial charge in [0.2, 0.25) is 5.82 Å². The Labute approximate surface area is 155 Å². The topological polar surface area (TPSA) is 78.7 Å². The predicted octanol–water partition coefficient (Wildman–Crippen LogP) is 2.02.